The van der Waals surface area contributed by atoms with Crippen molar-refractivity contribution in [3.05, 3.63) is 28.2 Å². The van der Waals surface area contributed by atoms with Crippen molar-refractivity contribution < 1.29 is 4.79 Å². The van der Waals surface area contributed by atoms with E-state index in [9.17, 15) is 4.79 Å². The van der Waals surface area contributed by atoms with Crippen molar-refractivity contribution in [2.24, 2.45) is 5.92 Å². The molecule has 130 valence electrons. The van der Waals surface area contributed by atoms with E-state index in [4.69, 9.17) is 23.2 Å². The summed E-state index contributed by atoms with van der Waals surface area (Å²) in [4.78, 5) is 15.1. The van der Waals surface area contributed by atoms with Gasteiger partial charge in [-0.3, -0.25) is 4.79 Å². The van der Waals surface area contributed by atoms with Gasteiger partial charge in [0, 0.05) is 23.0 Å². The number of likely N-dealkylation sites (tertiary alicyclic amines) is 1. The van der Waals surface area contributed by atoms with Crippen molar-refractivity contribution in [1.29, 1.82) is 0 Å². The van der Waals surface area contributed by atoms with Crippen molar-refractivity contribution in [1.82, 2.24) is 10.2 Å². The number of nitrogens with one attached hydrogen (secondary N) is 1. The van der Waals surface area contributed by atoms with Crippen LogP contribution in [0.1, 0.15) is 19.3 Å². The number of nitrogens with zero attached hydrogens (tertiary/aromatic N) is 1. The normalized spacial score (nSPS) is 15.3. The molecule has 0 aliphatic carbocycles. The number of carbonyl (C=O) groups is 1. The van der Waals surface area contributed by atoms with E-state index in [2.05, 4.69) is 5.32 Å². The van der Waals surface area contributed by atoms with E-state index in [1.165, 1.54) is 18.2 Å². The predicted octanol–water partition coefficient (Wildman–Crippen LogP) is 4.36. The van der Waals surface area contributed by atoms with Crippen LogP contribution >= 0.6 is 47.4 Å². The molecule has 0 bridgehead atoms. The zero-order valence-electron chi connectivity index (χ0n) is 13.2. The van der Waals surface area contributed by atoms with E-state index in [0.717, 1.165) is 43.3 Å². The number of hydrogen-bond donors (Lipinski definition) is 1. The number of piperidine rings is 1. The lowest BCUT2D eigenvalue weighted by Crippen LogP contribution is -2.39. The van der Waals surface area contributed by atoms with Crippen molar-refractivity contribution in [3.8, 4) is 0 Å². The largest absolute Gasteiger partial charge is 0.342 e. The van der Waals surface area contributed by atoms with Gasteiger partial charge in [0.2, 0.25) is 5.91 Å². The maximum Gasteiger partial charge on any atom is 0.232 e. The molecule has 1 aromatic carbocycles. The predicted molar refractivity (Wildman–Crippen MR) is 102 cm³/mol. The second-order valence-electron chi connectivity index (χ2n) is 5.58. The molecule has 0 saturated carbocycles. The highest BCUT2D eigenvalue weighted by Crippen LogP contribution is 2.30. The lowest BCUT2D eigenvalue weighted by molar-refractivity contribution is -0.129. The van der Waals surface area contributed by atoms with Crippen molar-refractivity contribution >= 4 is 53.3 Å². The fourth-order valence-corrected chi connectivity index (χ4v) is 4.03. The zero-order valence-corrected chi connectivity index (χ0v) is 16.3. The summed E-state index contributed by atoms with van der Waals surface area (Å²) in [6, 6.07) is 5.33. The molecule has 1 aliphatic rings. The molecule has 0 radical (unpaired) electrons. The Kier molecular flexibility index (Phi) is 9.71. The molecule has 0 atom stereocenters. The van der Waals surface area contributed by atoms with E-state index in [-0.39, 0.29) is 18.3 Å². The van der Waals surface area contributed by atoms with Crippen LogP contribution in [-0.2, 0) is 4.79 Å². The van der Waals surface area contributed by atoms with E-state index < -0.39 is 0 Å². The Hall–Kier alpha value is -0.130. The summed E-state index contributed by atoms with van der Waals surface area (Å²) in [6.45, 7) is 2.80. The number of hydrogen-bond acceptors (Lipinski definition) is 3. The molecule has 1 fully saturated rings. The fourth-order valence-electron chi connectivity index (χ4n) is 2.64. The molecule has 1 amide bonds. The van der Waals surface area contributed by atoms with Crippen LogP contribution in [0.5, 0.6) is 0 Å². The molecule has 0 unspecified atom stereocenters. The Balaban J connectivity index is 0.00000264. The molecule has 0 aromatic heterocycles. The maximum absolute atomic E-state index is 12.3. The average Bonchev–Trinajstić information content (AvgIpc) is 2.54. The van der Waals surface area contributed by atoms with Crippen LogP contribution in [0.15, 0.2) is 23.1 Å². The van der Waals surface area contributed by atoms with Crippen LogP contribution in [0.2, 0.25) is 10.0 Å². The first kappa shape index (κ1) is 20.9. The summed E-state index contributed by atoms with van der Waals surface area (Å²) < 4.78 is 0. The van der Waals surface area contributed by atoms with E-state index >= 15 is 0 Å². The summed E-state index contributed by atoms with van der Waals surface area (Å²) in [6.07, 6.45) is 3.41. The van der Waals surface area contributed by atoms with Crippen LogP contribution in [-0.4, -0.2) is 43.2 Å². The highest BCUT2D eigenvalue weighted by Gasteiger charge is 2.22. The first-order valence-electron chi connectivity index (χ1n) is 7.60. The van der Waals surface area contributed by atoms with Crippen LogP contribution in [0.3, 0.4) is 0 Å². The van der Waals surface area contributed by atoms with E-state index in [0.29, 0.717) is 15.8 Å². The third-order valence-corrected chi connectivity index (χ3v) is 5.73. The number of rotatable bonds is 6. The van der Waals surface area contributed by atoms with Gasteiger partial charge in [0.1, 0.15) is 0 Å². The second-order valence-corrected chi connectivity index (χ2v) is 7.44. The quantitative estimate of drug-likeness (QED) is 0.724. The Labute approximate surface area is 158 Å². The van der Waals surface area contributed by atoms with Gasteiger partial charge < -0.3 is 10.2 Å². The van der Waals surface area contributed by atoms with Gasteiger partial charge in [-0.05, 0) is 57.0 Å². The smallest absolute Gasteiger partial charge is 0.232 e. The van der Waals surface area contributed by atoms with Gasteiger partial charge in [0.05, 0.1) is 10.8 Å². The lowest BCUT2D eigenvalue weighted by Gasteiger charge is -2.32. The summed E-state index contributed by atoms with van der Waals surface area (Å²) in [5.74, 6) is 1.35. The molecule has 23 heavy (non-hydrogen) atoms. The third-order valence-electron chi connectivity index (χ3n) is 4.01. The minimum absolute atomic E-state index is 0. The SMILES string of the molecule is CNCCC1CCN(C(=O)CSc2cc(Cl)ccc2Cl)CC1.Cl. The first-order valence-corrected chi connectivity index (χ1v) is 9.34. The summed E-state index contributed by atoms with van der Waals surface area (Å²) in [5.41, 5.74) is 0. The number of amides is 1. The molecule has 0 spiro atoms. The van der Waals surface area contributed by atoms with Crippen molar-refractivity contribution in [2.45, 2.75) is 24.2 Å². The summed E-state index contributed by atoms with van der Waals surface area (Å²) in [7, 11) is 1.98. The van der Waals surface area contributed by atoms with Crippen LogP contribution < -0.4 is 5.32 Å². The molecule has 2 rings (SSSR count). The molecule has 1 aliphatic heterocycles. The molecule has 7 heteroatoms. The molecule has 1 heterocycles. The highest BCUT2D eigenvalue weighted by molar-refractivity contribution is 8.00. The van der Waals surface area contributed by atoms with Gasteiger partial charge >= 0.3 is 0 Å². The van der Waals surface area contributed by atoms with Gasteiger partial charge in [-0.1, -0.05) is 23.2 Å². The van der Waals surface area contributed by atoms with Gasteiger partial charge in [-0.15, -0.1) is 24.2 Å². The number of halogens is 3. The van der Waals surface area contributed by atoms with Gasteiger partial charge in [-0.2, -0.15) is 0 Å². The van der Waals surface area contributed by atoms with Crippen molar-refractivity contribution in [2.75, 3.05) is 32.4 Å². The molecular weight excluding hydrogens is 375 g/mol. The van der Waals surface area contributed by atoms with Gasteiger partial charge in [0.15, 0.2) is 0 Å². The number of thioether (sulfide) groups is 1. The first-order chi connectivity index (χ1) is 10.6. The average molecular weight is 398 g/mol. The molecule has 1 aromatic rings. The maximum atomic E-state index is 12.3. The molecule has 1 saturated heterocycles. The van der Waals surface area contributed by atoms with E-state index in [1.807, 2.05) is 18.0 Å². The van der Waals surface area contributed by atoms with Crippen LogP contribution in [0.25, 0.3) is 0 Å². The standard InChI is InChI=1S/C16H22Cl2N2OS.ClH/c1-19-7-4-12-5-8-20(9-6-12)16(21)11-22-15-10-13(17)2-3-14(15)18;/h2-3,10,12,19H,4-9,11H2,1H3;1H. The van der Waals surface area contributed by atoms with Gasteiger partial charge in [-0.25, -0.2) is 0 Å². The monoisotopic (exact) mass is 396 g/mol. The van der Waals surface area contributed by atoms with Crippen molar-refractivity contribution in [3.63, 3.8) is 0 Å². The molecule has 3 nitrogen and oxygen atoms in total. The Morgan fingerprint density at radius 3 is 2.70 bits per heavy atom. The number of benzene rings is 1. The topological polar surface area (TPSA) is 32.3 Å². The molecular formula is C16H23Cl3N2OS. The summed E-state index contributed by atoms with van der Waals surface area (Å²) >= 11 is 13.5. The third kappa shape index (κ3) is 6.71. The van der Waals surface area contributed by atoms with E-state index in [1.54, 1.807) is 12.1 Å². The summed E-state index contributed by atoms with van der Waals surface area (Å²) in [5, 5.41) is 4.48. The minimum atomic E-state index is 0. The van der Waals surface area contributed by atoms with Crippen LogP contribution in [0.4, 0.5) is 0 Å². The van der Waals surface area contributed by atoms with Crippen LogP contribution in [0, 0.1) is 5.92 Å². The fraction of sp³-hybridized carbons (Fsp3) is 0.562. The zero-order chi connectivity index (χ0) is 15.9. The Bertz CT molecular complexity index is 508. The van der Waals surface area contributed by atoms with Gasteiger partial charge in [0.25, 0.3) is 0 Å². The highest BCUT2D eigenvalue weighted by atomic mass is 35.5. The Morgan fingerprint density at radius 1 is 1.35 bits per heavy atom. The lowest BCUT2D eigenvalue weighted by atomic mass is 9.93. The number of carbonyl (C=O) groups excluding carboxylic acids is 1. The Morgan fingerprint density at radius 2 is 2.04 bits per heavy atom. The second kappa shape index (κ2) is 10.7. The minimum Gasteiger partial charge on any atom is -0.342 e. The molecule has 1 N–H and O–H groups in total.